The van der Waals surface area contributed by atoms with Crippen molar-refractivity contribution in [3.63, 3.8) is 0 Å². The van der Waals surface area contributed by atoms with Crippen molar-refractivity contribution >= 4 is 11.8 Å². The smallest absolute Gasteiger partial charge is 0.123 e. The Morgan fingerprint density at radius 1 is 1.33 bits per heavy atom. The first kappa shape index (κ1) is 12.4. The molecule has 0 saturated carbocycles. The van der Waals surface area contributed by atoms with E-state index in [1.54, 1.807) is 18.9 Å². The summed E-state index contributed by atoms with van der Waals surface area (Å²) in [7, 11) is 1.75. The van der Waals surface area contributed by atoms with E-state index in [4.69, 9.17) is 4.74 Å². The van der Waals surface area contributed by atoms with Crippen LogP contribution in [0.4, 0.5) is 0 Å². The summed E-state index contributed by atoms with van der Waals surface area (Å²) in [6, 6.07) is 4.44. The summed E-state index contributed by atoms with van der Waals surface area (Å²) in [6.07, 6.45) is 3.18. The van der Waals surface area contributed by atoms with E-state index < -0.39 is 0 Å². The largest absolute Gasteiger partial charge is 0.496 e. The van der Waals surface area contributed by atoms with Crippen molar-refractivity contribution in [2.24, 2.45) is 0 Å². The van der Waals surface area contributed by atoms with Gasteiger partial charge in [-0.2, -0.15) is 0 Å². The fourth-order valence-electron chi connectivity index (χ4n) is 1.77. The molecule has 15 heavy (non-hydrogen) atoms. The van der Waals surface area contributed by atoms with Gasteiger partial charge in [0, 0.05) is 10.5 Å². The molecule has 0 radical (unpaired) electrons. The highest BCUT2D eigenvalue weighted by molar-refractivity contribution is 7.98. The Bertz CT molecular complexity index is 306. The maximum absolute atomic E-state index is 5.48. The Morgan fingerprint density at radius 3 is 2.40 bits per heavy atom. The summed E-state index contributed by atoms with van der Waals surface area (Å²) in [4.78, 5) is 1.35. The Labute approximate surface area is 97.2 Å². The minimum Gasteiger partial charge on any atom is -0.496 e. The molecule has 0 atom stereocenters. The van der Waals surface area contributed by atoms with Gasteiger partial charge in [0.1, 0.15) is 5.75 Å². The second-order valence-electron chi connectivity index (χ2n) is 3.92. The summed E-state index contributed by atoms with van der Waals surface area (Å²) in [5.41, 5.74) is 2.68. The monoisotopic (exact) mass is 224 g/mol. The number of thioether (sulfide) groups is 1. The molecule has 0 spiro atoms. The molecule has 1 aromatic carbocycles. The SMILES string of the molecule is CCc1cc(OC)c(C(C)C)c(SC)c1. The van der Waals surface area contributed by atoms with E-state index >= 15 is 0 Å². The summed E-state index contributed by atoms with van der Waals surface area (Å²) < 4.78 is 5.48. The van der Waals surface area contributed by atoms with Gasteiger partial charge in [-0.15, -0.1) is 11.8 Å². The minimum absolute atomic E-state index is 0.508. The Kier molecular flexibility index (Phi) is 4.52. The van der Waals surface area contributed by atoms with Crippen LogP contribution in [0.2, 0.25) is 0 Å². The summed E-state index contributed by atoms with van der Waals surface area (Å²) >= 11 is 1.80. The van der Waals surface area contributed by atoms with Gasteiger partial charge in [-0.3, -0.25) is 0 Å². The third-order valence-electron chi connectivity index (χ3n) is 2.59. The lowest BCUT2D eigenvalue weighted by Crippen LogP contribution is -1.98. The van der Waals surface area contributed by atoms with Crippen molar-refractivity contribution in [2.45, 2.75) is 38.0 Å². The van der Waals surface area contributed by atoms with E-state index in [9.17, 15) is 0 Å². The van der Waals surface area contributed by atoms with Crippen LogP contribution in [0, 0.1) is 0 Å². The molecule has 0 unspecified atom stereocenters. The van der Waals surface area contributed by atoms with Crippen molar-refractivity contribution in [2.75, 3.05) is 13.4 Å². The summed E-state index contributed by atoms with van der Waals surface area (Å²) in [5, 5.41) is 0. The average molecular weight is 224 g/mol. The van der Waals surface area contributed by atoms with E-state index in [0.29, 0.717) is 5.92 Å². The molecule has 0 fully saturated rings. The first-order chi connectivity index (χ1) is 7.13. The zero-order chi connectivity index (χ0) is 11.4. The molecule has 1 nitrogen and oxygen atoms in total. The zero-order valence-corrected chi connectivity index (χ0v) is 11.1. The number of hydrogen-bond donors (Lipinski definition) is 0. The number of benzene rings is 1. The van der Waals surface area contributed by atoms with Crippen LogP contribution in [-0.2, 0) is 6.42 Å². The van der Waals surface area contributed by atoms with E-state index in [1.165, 1.54) is 16.0 Å². The Balaban J connectivity index is 3.32. The molecule has 0 heterocycles. The molecular formula is C13H20OS. The van der Waals surface area contributed by atoms with Crippen LogP contribution in [0.25, 0.3) is 0 Å². The van der Waals surface area contributed by atoms with Crippen LogP contribution < -0.4 is 4.74 Å². The minimum atomic E-state index is 0.508. The van der Waals surface area contributed by atoms with E-state index in [0.717, 1.165) is 12.2 Å². The van der Waals surface area contributed by atoms with Crippen LogP contribution in [0.5, 0.6) is 5.75 Å². The lowest BCUT2D eigenvalue weighted by molar-refractivity contribution is 0.405. The van der Waals surface area contributed by atoms with Crippen molar-refractivity contribution in [3.05, 3.63) is 23.3 Å². The van der Waals surface area contributed by atoms with Crippen molar-refractivity contribution in [1.82, 2.24) is 0 Å². The highest BCUT2D eigenvalue weighted by Crippen LogP contribution is 2.36. The fourth-order valence-corrected chi connectivity index (χ4v) is 2.59. The van der Waals surface area contributed by atoms with Crippen LogP contribution in [0.1, 0.15) is 37.8 Å². The molecule has 0 bridgehead atoms. The van der Waals surface area contributed by atoms with Crippen LogP contribution >= 0.6 is 11.8 Å². The summed E-state index contributed by atoms with van der Waals surface area (Å²) in [5.74, 6) is 1.54. The average Bonchev–Trinajstić information content (AvgIpc) is 2.26. The van der Waals surface area contributed by atoms with E-state index in [-0.39, 0.29) is 0 Å². The van der Waals surface area contributed by atoms with Gasteiger partial charge >= 0.3 is 0 Å². The first-order valence-electron chi connectivity index (χ1n) is 5.38. The molecule has 0 saturated heterocycles. The van der Waals surface area contributed by atoms with Crippen LogP contribution in [0.15, 0.2) is 17.0 Å². The predicted molar refractivity (Wildman–Crippen MR) is 68.2 cm³/mol. The second-order valence-corrected chi connectivity index (χ2v) is 4.77. The van der Waals surface area contributed by atoms with Crippen molar-refractivity contribution in [1.29, 1.82) is 0 Å². The third kappa shape index (κ3) is 2.69. The standard InChI is InChI=1S/C13H20OS/c1-6-10-7-11(14-4)13(9(2)3)12(8-10)15-5/h7-9H,6H2,1-5H3. The molecule has 0 aliphatic carbocycles. The van der Waals surface area contributed by atoms with Crippen molar-refractivity contribution in [3.8, 4) is 5.75 Å². The van der Waals surface area contributed by atoms with Crippen LogP contribution in [0.3, 0.4) is 0 Å². The molecule has 1 rings (SSSR count). The number of aryl methyl sites for hydroxylation is 1. The number of ether oxygens (including phenoxy) is 1. The van der Waals surface area contributed by atoms with Gasteiger partial charge in [-0.1, -0.05) is 20.8 Å². The third-order valence-corrected chi connectivity index (χ3v) is 3.37. The van der Waals surface area contributed by atoms with Crippen LogP contribution in [-0.4, -0.2) is 13.4 Å². The van der Waals surface area contributed by atoms with Gasteiger partial charge in [-0.05, 0) is 36.3 Å². The van der Waals surface area contributed by atoms with Gasteiger partial charge in [-0.25, -0.2) is 0 Å². The Morgan fingerprint density at radius 2 is 2.00 bits per heavy atom. The number of rotatable bonds is 4. The lowest BCUT2D eigenvalue weighted by atomic mass is 9.99. The molecular weight excluding hydrogens is 204 g/mol. The maximum Gasteiger partial charge on any atom is 0.123 e. The quantitative estimate of drug-likeness (QED) is 0.712. The van der Waals surface area contributed by atoms with Gasteiger partial charge < -0.3 is 4.74 Å². The van der Waals surface area contributed by atoms with E-state index in [2.05, 4.69) is 39.2 Å². The van der Waals surface area contributed by atoms with Gasteiger partial charge in [0.25, 0.3) is 0 Å². The topological polar surface area (TPSA) is 9.23 Å². The molecule has 0 N–H and O–H groups in total. The maximum atomic E-state index is 5.48. The molecule has 1 aromatic rings. The fraction of sp³-hybridized carbons (Fsp3) is 0.538. The lowest BCUT2D eigenvalue weighted by Gasteiger charge is -2.17. The molecule has 84 valence electrons. The molecule has 0 aliphatic heterocycles. The normalized spacial score (nSPS) is 10.8. The van der Waals surface area contributed by atoms with Gasteiger partial charge in [0.05, 0.1) is 7.11 Å². The predicted octanol–water partition coefficient (Wildman–Crippen LogP) is 4.10. The molecule has 2 heteroatoms. The van der Waals surface area contributed by atoms with Gasteiger partial charge in [0.2, 0.25) is 0 Å². The first-order valence-corrected chi connectivity index (χ1v) is 6.61. The number of methoxy groups -OCH3 is 1. The second kappa shape index (κ2) is 5.45. The number of hydrogen-bond acceptors (Lipinski definition) is 2. The van der Waals surface area contributed by atoms with E-state index in [1.807, 2.05) is 0 Å². The molecule has 0 aromatic heterocycles. The summed E-state index contributed by atoms with van der Waals surface area (Å²) in [6.45, 7) is 6.60. The zero-order valence-electron chi connectivity index (χ0n) is 10.3. The highest BCUT2D eigenvalue weighted by Gasteiger charge is 2.13. The highest BCUT2D eigenvalue weighted by atomic mass is 32.2. The Hall–Kier alpha value is -0.630. The molecule has 0 aliphatic rings. The molecule has 0 amide bonds. The van der Waals surface area contributed by atoms with Gasteiger partial charge in [0.15, 0.2) is 0 Å². The van der Waals surface area contributed by atoms with Crippen molar-refractivity contribution < 1.29 is 4.74 Å².